The predicted molar refractivity (Wildman–Crippen MR) is 103 cm³/mol. The van der Waals surface area contributed by atoms with Crippen molar-refractivity contribution in [2.45, 2.75) is 13.8 Å². The monoisotopic (exact) mass is 342 g/mol. The lowest BCUT2D eigenvalue weighted by molar-refractivity contribution is 0.102. The fraction of sp³-hybridized carbons (Fsp3) is 0.0952. The van der Waals surface area contributed by atoms with E-state index in [9.17, 15) is 4.79 Å². The number of aromatic nitrogens is 1. The van der Waals surface area contributed by atoms with Crippen LogP contribution in [-0.2, 0) is 0 Å². The van der Waals surface area contributed by atoms with E-state index in [0.29, 0.717) is 16.8 Å². The van der Waals surface area contributed by atoms with E-state index in [-0.39, 0.29) is 5.91 Å². The number of carbonyl (C=O) groups is 1. The minimum atomic E-state index is -0.258. The van der Waals surface area contributed by atoms with Crippen molar-refractivity contribution in [3.8, 4) is 6.07 Å². The maximum absolute atomic E-state index is 12.4. The Balaban J connectivity index is 1.74. The number of rotatable bonds is 4. The van der Waals surface area contributed by atoms with Crippen LogP contribution in [0, 0.1) is 25.2 Å². The molecule has 0 atom stereocenters. The molecule has 2 aromatic carbocycles. The SMILES string of the molecule is Cc1ccc(Nc2cncc(C(=O)Nc3ccc(C#N)cc3)c2)cc1C. The van der Waals surface area contributed by atoms with Crippen molar-refractivity contribution in [3.63, 3.8) is 0 Å². The van der Waals surface area contributed by atoms with Crippen LogP contribution in [0.3, 0.4) is 0 Å². The molecule has 1 amide bonds. The quantitative estimate of drug-likeness (QED) is 0.728. The van der Waals surface area contributed by atoms with Gasteiger partial charge in [0.15, 0.2) is 0 Å². The van der Waals surface area contributed by atoms with Crippen molar-refractivity contribution in [3.05, 3.63) is 83.2 Å². The van der Waals surface area contributed by atoms with Gasteiger partial charge >= 0.3 is 0 Å². The van der Waals surface area contributed by atoms with Gasteiger partial charge < -0.3 is 10.6 Å². The molecule has 3 aromatic rings. The molecule has 0 radical (unpaired) electrons. The number of nitriles is 1. The minimum Gasteiger partial charge on any atom is -0.354 e. The number of pyridine rings is 1. The summed E-state index contributed by atoms with van der Waals surface area (Å²) in [6.07, 6.45) is 3.19. The van der Waals surface area contributed by atoms with Crippen molar-refractivity contribution in [1.29, 1.82) is 5.26 Å². The van der Waals surface area contributed by atoms with Gasteiger partial charge in [-0.15, -0.1) is 0 Å². The van der Waals surface area contributed by atoms with Gasteiger partial charge in [0.05, 0.1) is 29.1 Å². The standard InChI is InChI=1S/C21H18N4O/c1-14-3-6-19(9-15(14)2)24-20-10-17(12-23-13-20)21(26)25-18-7-4-16(11-22)5-8-18/h3-10,12-13,24H,1-2H3,(H,25,26). The van der Waals surface area contributed by atoms with E-state index in [0.717, 1.165) is 11.4 Å². The molecule has 0 bridgehead atoms. The van der Waals surface area contributed by atoms with Gasteiger partial charge in [-0.1, -0.05) is 6.07 Å². The molecule has 3 rings (SSSR count). The number of carbonyl (C=O) groups excluding carboxylic acids is 1. The predicted octanol–water partition coefficient (Wildman–Crippen LogP) is 4.57. The molecule has 26 heavy (non-hydrogen) atoms. The fourth-order valence-electron chi connectivity index (χ4n) is 2.45. The van der Waals surface area contributed by atoms with Crippen LogP contribution in [0.25, 0.3) is 0 Å². The highest BCUT2D eigenvalue weighted by molar-refractivity contribution is 6.04. The largest absolute Gasteiger partial charge is 0.354 e. The van der Waals surface area contributed by atoms with Gasteiger partial charge in [0, 0.05) is 17.6 Å². The Kier molecular flexibility index (Phi) is 4.95. The van der Waals surface area contributed by atoms with Crippen LogP contribution in [0.4, 0.5) is 17.1 Å². The summed E-state index contributed by atoms with van der Waals surface area (Å²) < 4.78 is 0. The second-order valence-electron chi connectivity index (χ2n) is 6.03. The smallest absolute Gasteiger partial charge is 0.257 e. The number of nitrogens with zero attached hydrogens (tertiary/aromatic N) is 2. The fourth-order valence-corrected chi connectivity index (χ4v) is 2.45. The van der Waals surface area contributed by atoms with E-state index in [1.807, 2.05) is 18.2 Å². The van der Waals surface area contributed by atoms with Crippen LogP contribution in [-0.4, -0.2) is 10.9 Å². The first-order valence-electron chi connectivity index (χ1n) is 8.16. The Bertz CT molecular complexity index is 988. The van der Waals surface area contributed by atoms with E-state index in [4.69, 9.17) is 5.26 Å². The van der Waals surface area contributed by atoms with Crippen molar-refractivity contribution in [1.82, 2.24) is 4.98 Å². The highest BCUT2D eigenvalue weighted by atomic mass is 16.1. The normalized spacial score (nSPS) is 10.0. The van der Waals surface area contributed by atoms with Gasteiger partial charge in [0.1, 0.15) is 0 Å². The lowest BCUT2D eigenvalue weighted by Gasteiger charge is -2.10. The topological polar surface area (TPSA) is 77.8 Å². The Morgan fingerprint density at radius 1 is 0.923 bits per heavy atom. The number of benzene rings is 2. The third-order valence-electron chi connectivity index (χ3n) is 4.07. The number of aryl methyl sites for hydroxylation is 2. The molecule has 5 heteroatoms. The Labute approximate surface area is 152 Å². The molecule has 0 unspecified atom stereocenters. The number of hydrogen-bond acceptors (Lipinski definition) is 4. The maximum Gasteiger partial charge on any atom is 0.257 e. The summed E-state index contributed by atoms with van der Waals surface area (Å²) in [5.41, 5.74) is 5.72. The first-order chi connectivity index (χ1) is 12.5. The third-order valence-corrected chi connectivity index (χ3v) is 4.07. The molecule has 0 spiro atoms. The number of anilines is 3. The molecule has 128 valence electrons. The summed E-state index contributed by atoms with van der Waals surface area (Å²) in [6, 6.07) is 16.6. The first kappa shape index (κ1) is 17.2. The van der Waals surface area contributed by atoms with Crippen LogP contribution in [0.15, 0.2) is 60.9 Å². The zero-order valence-electron chi connectivity index (χ0n) is 14.6. The molecule has 0 saturated carbocycles. The van der Waals surface area contributed by atoms with E-state index in [1.165, 1.54) is 17.3 Å². The van der Waals surface area contributed by atoms with Crippen LogP contribution in [0.5, 0.6) is 0 Å². The van der Waals surface area contributed by atoms with Gasteiger partial charge in [0.2, 0.25) is 0 Å². The van der Waals surface area contributed by atoms with Crippen LogP contribution in [0.2, 0.25) is 0 Å². The Hall–Kier alpha value is -3.65. The van der Waals surface area contributed by atoms with E-state index in [2.05, 4.69) is 35.5 Å². The zero-order chi connectivity index (χ0) is 18.5. The average molecular weight is 342 g/mol. The second kappa shape index (κ2) is 7.49. The van der Waals surface area contributed by atoms with Crippen LogP contribution < -0.4 is 10.6 Å². The molecular weight excluding hydrogens is 324 g/mol. The van der Waals surface area contributed by atoms with Gasteiger partial charge in [-0.3, -0.25) is 9.78 Å². The Morgan fingerprint density at radius 3 is 2.35 bits per heavy atom. The number of nitrogens with one attached hydrogen (secondary N) is 2. The van der Waals surface area contributed by atoms with Gasteiger partial charge in [-0.2, -0.15) is 5.26 Å². The summed E-state index contributed by atoms with van der Waals surface area (Å²) in [5.74, 6) is -0.258. The minimum absolute atomic E-state index is 0.258. The summed E-state index contributed by atoms with van der Waals surface area (Å²) in [4.78, 5) is 16.6. The Morgan fingerprint density at radius 2 is 1.65 bits per heavy atom. The van der Waals surface area contributed by atoms with Crippen molar-refractivity contribution < 1.29 is 4.79 Å². The van der Waals surface area contributed by atoms with E-state index < -0.39 is 0 Å². The van der Waals surface area contributed by atoms with Crippen LogP contribution >= 0.6 is 0 Å². The average Bonchev–Trinajstić information content (AvgIpc) is 2.65. The molecule has 0 aliphatic rings. The van der Waals surface area contributed by atoms with E-state index in [1.54, 1.807) is 36.5 Å². The highest BCUT2D eigenvalue weighted by Gasteiger charge is 2.08. The van der Waals surface area contributed by atoms with Gasteiger partial charge in [-0.25, -0.2) is 0 Å². The summed E-state index contributed by atoms with van der Waals surface area (Å²) in [7, 11) is 0. The van der Waals surface area contributed by atoms with Crippen molar-refractivity contribution >= 4 is 23.0 Å². The molecular formula is C21H18N4O. The molecule has 2 N–H and O–H groups in total. The summed E-state index contributed by atoms with van der Waals surface area (Å²) >= 11 is 0. The van der Waals surface area contributed by atoms with Crippen molar-refractivity contribution in [2.24, 2.45) is 0 Å². The maximum atomic E-state index is 12.4. The molecule has 1 heterocycles. The highest BCUT2D eigenvalue weighted by Crippen LogP contribution is 2.20. The second-order valence-corrected chi connectivity index (χ2v) is 6.03. The molecule has 0 aliphatic carbocycles. The zero-order valence-corrected chi connectivity index (χ0v) is 14.6. The van der Waals surface area contributed by atoms with E-state index >= 15 is 0 Å². The lowest BCUT2D eigenvalue weighted by atomic mass is 10.1. The van der Waals surface area contributed by atoms with Gasteiger partial charge in [-0.05, 0) is 67.4 Å². The molecule has 5 nitrogen and oxygen atoms in total. The number of amides is 1. The molecule has 0 saturated heterocycles. The number of hydrogen-bond donors (Lipinski definition) is 2. The lowest BCUT2D eigenvalue weighted by Crippen LogP contribution is -2.12. The molecule has 0 fully saturated rings. The molecule has 0 aliphatic heterocycles. The summed E-state index contributed by atoms with van der Waals surface area (Å²) in [6.45, 7) is 4.12. The third kappa shape index (κ3) is 4.05. The van der Waals surface area contributed by atoms with Crippen LogP contribution in [0.1, 0.15) is 27.0 Å². The van der Waals surface area contributed by atoms with Gasteiger partial charge in [0.25, 0.3) is 5.91 Å². The van der Waals surface area contributed by atoms with Crippen molar-refractivity contribution in [2.75, 3.05) is 10.6 Å². The molecule has 1 aromatic heterocycles. The summed E-state index contributed by atoms with van der Waals surface area (Å²) in [5, 5.41) is 14.9. The first-order valence-corrected chi connectivity index (χ1v) is 8.16.